The van der Waals surface area contributed by atoms with E-state index in [9.17, 15) is 68.1 Å². The van der Waals surface area contributed by atoms with Crippen LogP contribution in [-0.2, 0) is 71.9 Å². The second-order valence-electron chi connectivity index (χ2n) is 23.5. The van der Waals surface area contributed by atoms with Gasteiger partial charge in [-0.05, 0) is 94.5 Å². The maximum Gasteiger partial charge on any atom is 0.330 e. The van der Waals surface area contributed by atoms with Crippen LogP contribution < -0.4 is 71.0 Å². The van der Waals surface area contributed by atoms with Crippen molar-refractivity contribution in [2.24, 2.45) is 33.8 Å². The van der Waals surface area contributed by atoms with Gasteiger partial charge in [-0.1, -0.05) is 44.2 Å². The lowest BCUT2D eigenvalue weighted by Gasteiger charge is -2.31. The first-order chi connectivity index (χ1) is 43.5. The Balaban J connectivity index is 1.42. The highest BCUT2D eigenvalue weighted by Crippen LogP contribution is 2.22. The molecule has 1 saturated heterocycles. The van der Waals surface area contributed by atoms with Gasteiger partial charge in [0, 0.05) is 67.8 Å². The summed E-state index contributed by atoms with van der Waals surface area (Å²) < 4.78 is 6.02. The van der Waals surface area contributed by atoms with E-state index < -0.39 is 145 Å². The van der Waals surface area contributed by atoms with E-state index in [1.165, 1.54) is 41.7 Å². The number of aliphatic hydroxyl groups excluding tert-OH is 1. The average molecular weight is 1290 g/mol. The van der Waals surface area contributed by atoms with E-state index in [4.69, 9.17) is 27.7 Å². The van der Waals surface area contributed by atoms with Crippen LogP contribution in [0.1, 0.15) is 96.4 Å². The third-order valence-electron chi connectivity index (χ3n) is 14.5. The molecule has 4 aromatic rings. The van der Waals surface area contributed by atoms with Crippen LogP contribution in [0.5, 0.6) is 5.75 Å². The Morgan fingerprint density at radius 2 is 1.29 bits per heavy atom. The van der Waals surface area contributed by atoms with Gasteiger partial charge >= 0.3 is 12.0 Å². The Labute approximate surface area is 529 Å². The van der Waals surface area contributed by atoms with E-state index in [2.05, 4.69) is 62.6 Å². The molecular weight excluding hydrogens is 1200 g/mol. The Bertz CT molecular complexity index is 3220. The first kappa shape index (κ1) is 72.9. The number of nitrogens with one attached hydrogen (secondary N) is 11. The van der Waals surface area contributed by atoms with Crippen molar-refractivity contribution < 1.29 is 72.8 Å². The molecule has 3 heterocycles. The number of aromatic hydroxyl groups is 1. The normalized spacial score (nSPS) is 15.6. The number of ether oxygens (including phenoxy) is 1. The number of aliphatic hydroxyl groups is 1. The third kappa shape index (κ3) is 23.5. The van der Waals surface area contributed by atoms with Crippen LogP contribution in [0.4, 0.5) is 4.79 Å². The fourth-order valence-electron chi connectivity index (χ4n) is 9.84. The molecule has 9 atom stereocenters. The molecule has 33 heteroatoms. The summed E-state index contributed by atoms with van der Waals surface area (Å²) in [6.07, 6.45) is 3.62. The van der Waals surface area contributed by atoms with Crippen LogP contribution in [0.25, 0.3) is 10.9 Å². The van der Waals surface area contributed by atoms with E-state index in [0.29, 0.717) is 34.1 Å². The topological polar surface area (TPSA) is 530 Å². The van der Waals surface area contributed by atoms with Crippen molar-refractivity contribution in [3.8, 4) is 5.75 Å². The highest BCUT2D eigenvalue weighted by atomic mass is 16.5. The van der Waals surface area contributed by atoms with Crippen molar-refractivity contribution in [3.05, 3.63) is 84.1 Å². The lowest BCUT2D eigenvalue weighted by atomic mass is 10.0. The van der Waals surface area contributed by atoms with E-state index >= 15 is 0 Å². The Kier molecular flexibility index (Phi) is 27.6. The summed E-state index contributed by atoms with van der Waals surface area (Å²) in [5, 5.41) is 49.0. The van der Waals surface area contributed by atoms with Crippen LogP contribution in [0.3, 0.4) is 0 Å². The number of hydrogen-bond donors (Lipinski definition) is 18. The number of H-pyrrole nitrogens is 2. The summed E-state index contributed by atoms with van der Waals surface area (Å²) in [6.45, 7) is 7.18. The molecule has 1 aliphatic rings. The minimum absolute atomic E-state index is 0.00580. The fraction of sp³-hybridized carbons (Fsp3) is 0.508. The number of phenols is 1. The first-order valence-electron chi connectivity index (χ1n) is 29.9. The van der Waals surface area contributed by atoms with E-state index in [1.54, 1.807) is 65.1 Å². The van der Waals surface area contributed by atoms with E-state index in [1.807, 2.05) is 5.43 Å². The maximum absolute atomic E-state index is 14.8. The number of rotatable bonds is 34. The third-order valence-corrected chi connectivity index (χ3v) is 14.5. The van der Waals surface area contributed by atoms with Gasteiger partial charge in [-0.15, -0.1) is 0 Å². The highest BCUT2D eigenvalue weighted by Gasteiger charge is 2.40. The molecule has 0 aliphatic carbocycles. The highest BCUT2D eigenvalue weighted by molar-refractivity contribution is 5.99. The number of carboxylic acids is 1. The van der Waals surface area contributed by atoms with Crippen LogP contribution in [-0.4, -0.2) is 193 Å². The molecule has 5 rings (SSSR count). The first-order valence-corrected chi connectivity index (χ1v) is 29.9. The number of amides is 11. The molecule has 2 aromatic heterocycles. The summed E-state index contributed by atoms with van der Waals surface area (Å²) in [6, 6.07) is -1.53. The number of nitrogens with two attached hydrogens (primary N) is 4. The van der Waals surface area contributed by atoms with Crippen molar-refractivity contribution in [2.75, 3.05) is 26.3 Å². The number of aliphatic imine (C=N–C) groups is 1. The van der Waals surface area contributed by atoms with Gasteiger partial charge in [0.1, 0.15) is 54.1 Å². The SMILES string of the molecule is CC(C)C[C@H](NC(=O)[C@@H](COC(C)(C)C)NC(=O)[C@H](Cc1ccc(O)cc1)NC(=O)[C@H](CO)NC(=O)[C@H](Cc1c[nH]c2ccccc12)NC(=O)[C@H](Cc1cnc[nH]1)NC(=O)[C@@H](N)CCC(=O)O)C(=O)N[C@@H](CCCN=C(N)N)C(=O)N1CCC[C@H]1C(=O)NNC(N)=O. The zero-order chi connectivity index (χ0) is 67.8. The second-order valence-corrected chi connectivity index (χ2v) is 23.5. The Morgan fingerprint density at radius 3 is 1.90 bits per heavy atom. The molecule has 502 valence electrons. The van der Waals surface area contributed by atoms with E-state index in [0.717, 1.165) is 0 Å². The maximum atomic E-state index is 14.8. The quantitative estimate of drug-likeness (QED) is 0.00948. The number of carbonyl (C=O) groups excluding carboxylic acids is 10. The molecule has 11 amide bonds. The monoisotopic (exact) mass is 1290 g/mol. The number of aliphatic carboxylic acids is 1. The van der Waals surface area contributed by atoms with Gasteiger partial charge in [-0.25, -0.2) is 15.2 Å². The summed E-state index contributed by atoms with van der Waals surface area (Å²) >= 11 is 0. The molecule has 0 spiro atoms. The number of nitrogens with zero attached hydrogens (tertiary/aromatic N) is 3. The van der Waals surface area contributed by atoms with Gasteiger partial charge < -0.3 is 95.1 Å². The number of urea groups is 1. The van der Waals surface area contributed by atoms with Crippen molar-refractivity contribution in [1.82, 2.24) is 67.9 Å². The molecule has 0 bridgehead atoms. The lowest BCUT2D eigenvalue weighted by Crippen LogP contribution is -2.62. The molecule has 1 aliphatic heterocycles. The van der Waals surface area contributed by atoms with Crippen LogP contribution in [0.15, 0.2) is 72.2 Å². The molecule has 1 fully saturated rings. The molecule has 0 unspecified atom stereocenters. The molecule has 0 radical (unpaired) electrons. The number of hydrazine groups is 1. The number of hydrogen-bond acceptors (Lipinski definition) is 17. The number of para-hydroxylation sites is 1. The number of aromatic amines is 2. The number of benzene rings is 2. The zero-order valence-corrected chi connectivity index (χ0v) is 51.9. The van der Waals surface area contributed by atoms with Crippen molar-refractivity contribution in [3.63, 3.8) is 0 Å². The summed E-state index contributed by atoms with van der Waals surface area (Å²) in [5.41, 5.74) is 27.4. The lowest BCUT2D eigenvalue weighted by molar-refractivity contribution is -0.142. The van der Waals surface area contributed by atoms with Crippen molar-refractivity contribution in [1.29, 1.82) is 0 Å². The second kappa shape index (κ2) is 34.9. The van der Waals surface area contributed by atoms with Gasteiger partial charge in [0.25, 0.3) is 5.91 Å². The smallest absolute Gasteiger partial charge is 0.330 e. The van der Waals surface area contributed by atoms with Crippen molar-refractivity contribution >= 4 is 82.0 Å². The summed E-state index contributed by atoms with van der Waals surface area (Å²) in [5.74, 6) is -9.90. The average Bonchev–Trinajstić information content (AvgIpc) is 1.73. The van der Waals surface area contributed by atoms with Gasteiger partial charge in [0.05, 0.1) is 31.2 Å². The van der Waals surface area contributed by atoms with Gasteiger partial charge in [-0.2, -0.15) is 0 Å². The van der Waals surface area contributed by atoms with Crippen LogP contribution in [0, 0.1) is 5.92 Å². The van der Waals surface area contributed by atoms with E-state index in [-0.39, 0.29) is 82.1 Å². The summed E-state index contributed by atoms with van der Waals surface area (Å²) in [7, 11) is 0. The van der Waals surface area contributed by atoms with Gasteiger partial charge in [-0.3, -0.25) is 58.4 Å². The number of phenolic OH excluding ortho intramolecular Hbond substituents is 1. The Hall–Kier alpha value is -9.89. The number of carbonyl (C=O) groups is 11. The van der Waals surface area contributed by atoms with Crippen LogP contribution in [0.2, 0.25) is 0 Å². The number of guanidine groups is 1. The predicted molar refractivity (Wildman–Crippen MR) is 332 cm³/mol. The number of aromatic nitrogens is 3. The van der Waals surface area contributed by atoms with Crippen LogP contribution >= 0.6 is 0 Å². The standard InChI is InChI=1S/C59H86N18O15/c1-31(2)22-40(49(83)68-39(12-8-20-65-57(61)62)56(90)77-21-9-13-46(77)55(89)75-76-58(63)91)70-54(88)45(29-92-59(3,4)5)74-50(84)41(23-32-14-16-35(79)17-15-32)71-53(87)44(28-78)73-51(85)42(24-33-26-66-38-11-7-6-10-36(33)38)72-52(86)43(25-34-27-64-30-67-34)69-48(82)37(60)18-19-47(80)81/h6-7,10-11,14-17,26-27,30-31,37,39-46,66,78-79H,8-9,12-13,18-25,28-29,60H2,1-5H3,(H,64,67)(H,68,83)(H,69,82)(H,70,88)(H,71,87)(H,72,86)(H,73,85)(H,74,84)(H,75,89)(H,80,81)(H4,61,62,65)(H3,63,76,91)/t37-,39-,40-,41-,42-,43-,44-,45+,46-/m0/s1. The molecular formula is C59H86N18O15. The Morgan fingerprint density at radius 1 is 0.717 bits per heavy atom. The largest absolute Gasteiger partial charge is 0.508 e. The molecule has 0 saturated carbocycles. The summed E-state index contributed by atoms with van der Waals surface area (Å²) in [4.78, 5) is 166. The molecule has 33 nitrogen and oxygen atoms in total. The molecule has 2 aromatic carbocycles. The minimum Gasteiger partial charge on any atom is -0.508 e. The minimum atomic E-state index is -1.83. The number of imidazole rings is 1. The number of likely N-dealkylation sites (tertiary alicyclic amines) is 1. The van der Waals surface area contributed by atoms with Crippen molar-refractivity contribution in [2.45, 2.75) is 159 Å². The number of primary amides is 1. The number of carboxylic acid groups (broad SMARTS) is 1. The molecule has 92 heavy (non-hydrogen) atoms. The number of fused-ring (bicyclic) bond motifs is 1. The van der Waals surface area contributed by atoms with Gasteiger partial charge in [0.15, 0.2) is 5.96 Å². The predicted octanol–water partition coefficient (Wildman–Crippen LogP) is -3.19. The fourth-order valence-corrected chi connectivity index (χ4v) is 9.84. The van der Waals surface area contributed by atoms with Gasteiger partial charge in [0.2, 0.25) is 47.3 Å². The molecule has 22 N–H and O–H groups in total. The zero-order valence-electron chi connectivity index (χ0n) is 51.9.